The van der Waals surface area contributed by atoms with Crippen LogP contribution in [-0.4, -0.2) is 30.5 Å². The van der Waals surface area contributed by atoms with Gasteiger partial charge in [-0.25, -0.2) is 4.67 Å². The highest BCUT2D eigenvalue weighted by molar-refractivity contribution is 7.55. The Morgan fingerprint density at radius 1 is 0.885 bits per heavy atom. The molecule has 0 saturated heterocycles. The molecule has 0 aliphatic heterocycles. The van der Waals surface area contributed by atoms with Crippen LogP contribution >= 0.6 is 7.52 Å². The molecule has 3 nitrogen and oxygen atoms in total. The van der Waals surface area contributed by atoms with Crippen LogP contribution in [0.3, 0.4) is 0 Å². The summed E-state index contributed by atoms with van der Waals surface area (Å²) in [5, 5.41) is 0. The summed E-state index contributed by atoms with van der Waals surface area (Å²) in [6.07, 6.45) is 2.26. The van der Waals surface area contributed by atoms with Gasteiger partial charge in [-0.2, -0.15) is 0 Å². The lowest BCUT2D eigenvalue weighted by Gasteiger charge is -2.40. The lowest BCUT2D eigenvalue weighted by Crippen LogP contribution is -2.39. The van der Waals surface area contributed by atoms with E-state index in [2.05, 4.69) is 67.0 Å². The standard InChI is InChI=1S/C15H34NO2P.C3H8.2C2H6/c1-10-18-19(9,17)16(12-15(6,7)8)13(2)11-14(3,4)5;1-3-2;2*1-2/h13H,10-12H2,1-9H3;3H2,1-2H3;2*1-2H3. The van der Waals surface area contributed by atoms with Gasteiger partial charge in [0.05, 0.1) is 6.61 Å². The van der Waals surface area contributed by atoms with Crippen LogP contribution in [0.15, 0.2) is 0 Å². The first-order valence-corrected chi connectivity index (χ1v) is 12.7. The molecule has 0 aliphatic rings. The molecule has 2 unspecified atom stereocenters. The van der Waals surface area contributed by atoms with Crippen LogP contribution in [0.2, 0.25) is 0 Å². The second kappa shape index (κ2) is 17.3. The van der Waals surface area contributed by atoms with Gasteiger partial charge >= 0.3 is 0 Å². The molecule has 0 aromatic carbocycles. The topological polar surface area (TPSA) is 29.5 Å². The Morgan fingerprint density at radius 3 is 1.46 bits per heavy atom. The summed E-state index contributed by atoms with van der Waals surface area (Å²) in [4.78, 5) is 0. The molecule has 0 spiro atoms. The smallest absolute Gasteiger partial charge is 0.269 e. The van der Waals surface area contributed by atoms with Crippen molar-refractivity contribution < 1.29 is 9.09 Å². The molecule has 0 aromatic heterocycles. The van der Waals surface area contributed by atoms with Gasteiger partial charge in [-0.05, 0) is 31.1 Å². The monoisotopic (exact) mass is 395 g/mol. The highest BCUT2D eigenvalue weighted by Crippen LogP contribution is 2.50. The average Bonchev–Trinajstić information content (AvgIpc) is 2.47. The van der Waals surface area contributed by atoms with Crippen molar-refractivity contribution >= 4 is 7.52 Å². The van der Waals surface area contributed by atoms with Crippen molar-refractivity contribution in [3.63, 3.8) is 0 Å². The van der Waals surface area contributed by atoms with E-state index in [0.29, 0.717) is 6.61 Å². The van der Waals surface area contributed by atoms with Crippen LogP contribution in [0.1, 0.15) is 110 Å². The molecule has 4 heteroatoms. The van der Waals surface area contributed by atoms with Crippen molar-refractivity contribution in [1.82, 2.24) is 4.67 Å². The maximum atomic E-state index is 12.8. The van der Waals surface area contributed by atoms with E-state index < -0.39 is 7.52 Å². The van der Waals surface area contributed by atoms with Gasteiger partial charge in [0.15, 0.2) is 0 Å². The maximum Gasteiger partial charge on any atom is 0.269 e. The number of hydrogen-bond acceptors (Lipinski definition) is 2. The molecule has 0 N–H and O–H groups in total. The minimum Gasteiger partial charge on any atom is -0.318 e. The van der Waals surface area contributed by atoms with Gasteiger partial charge in [0.1, 0.15) is 0 Å². The Bertz CT molecular complexity index is 330. The molecule has 0 radical (unpaired) electrons. The Labute approximate surface area is 168 Å². The zero-order chi connectivity index (χ0) is 22.2. The zero-order valence-corrected chi connectivity index (χ0v) is 22.0. The molecular formula is C22H54NO2P. The molecule has 2 atom stereocenters. The molecule has 0 amide bonds. The third-order valence-corrected chi connectivity index (χ3v) is 5.09. The van der Waals surface area contributed by atoms with Crippen molar-refractivity contribution in [2.45, 2.75) is 116 Å². The lowest BCUT2D eigenvalue weighted by molar-refractivity contribution is 0.167. The number of rotatable bonds is 6. The van der Waals surface area contributed by atoms with Crippen LogP contribution in [0, 0.1) is 10.8 Å². The molecule has 0 rings (SSSR count). The van der Waals surface area contributed by atoms with Crippen LogP contribution in [0.5, 0.6) is 0 Å². The first-order valence-electron chi connectivity index (χ1n) is 10.7. The van der Waals surface area contributed by atoms with Gasteiger partial charge < -0.3 is 4.52 Å². The van der Waals surface area contributed by atoms with Crippen molar-refractivity contribution in [3.8, 4) is 0 Å². The van der Waals surface area contributed by atoms with Crippen LogP contribution in [0.25, 0.3) is 0 Å². The summed E-state index contributed by atoms with van der Waals surface area (Å²) in [6, 6.07) is 0.251. The molecule has 0 heterocycles. The molecule has 0 bridgehead atoms. The first-order chi connectivity index (χ1) is 11.7. The maximum absolute atomic E-state index is 12.8. The predicted octanol–water partition coefficient (Wildman–Crippen LogP) is 8.49. The fraction of sp³-hybridized carbons (Fsp3) is 1.00. The second-order valence-electron chi connectivity index (χ2n) is 8.70. The summed E-state index contributed by atoms with van der Waals surface area (Å²) in [7, 11) is -2.71. The van der Waals surface area contributed by atoms with Crippen molar-refractivity contribution in [3.05, 3.63) is 0 Å². The summed E-state index contributed by atoms with van der Waals surface area (Å²) >= 11 is 0. The molecule has 0 aliphatic carbocycles. The fourth-order valence-corrected chi connectivity index (χ4v) is 4.54. The highest BCUT2D eigenvalue weighted by atomic mass is 31.2. The molecular weight excluding hydrogens is 341 g/mol. The first kappa shape index (κ1) is 33.7. The summed E-state index contributed by atoms with van der Waals surface area (Å²) in [5.41, 5.74) is 0.330. The summed E-state index contributed by atoms with van der Waals surface area (Å²) in [6.45, 7) is 32.5. The minimum atomic E-state index is -2.71. The third kappa shape index (κ3) is 22.2. The minimum absolute atomic E-state index is 0.106. The Kier molecular flexibility index (Phi) is 22.4. The SMILES string of the molecule is CC.CC.CCC.CCOP(C)(=O)N(CC(C)(C)C)C(C)CC(C)(C)C. The molecule has 164 valence electrons. The second-order valence-corrected chi connectivity index (χ2v) is 11.1. The Morgan fingerprint density at radius 2 is 1.23 bits per heavy atom. The summed E-state index contributed by atoms with van der Waals surface area (Å²) < 4.78 is 20.5. The zero-order valence-electron chi connectivity index (χ0n) is 21.1. The average molecular weight is 396 g/mol. The predicted molar refractivity (Wildman–Crippen MR) is 124 cm³/mol. The quantitative estimate of drug-likeness (QED) is 0.422. The Balaban J connectivity index is -0.000000302. The number of nitrogens with zero attached hydrogens (tertiary/aromatic N) is 1. The van der Waals surface area contributed by atoms with E-state index in [1.807, 2.05) is 34.6 Å². The van der Waals surface area contributed by atoms with E-state index in [1.165, 1.54) is 6.42 Å². The van der Waals surface area contributed by atoms with E-state index in [4.69, 9.17) is 4.52 Å². The van der Waals surface area contributed by atoms with Gasteiger partial charge in [0.25, 0.3) is 7.52 Å². The van der Waals surface area contributed by atoms with Gasteiger partial charge in [0.2, 0.25) is 0 Å². The van der Waals surface area contributed by atoms with Gasteiger partial charge in [0, 0.05) is 19.3 Å². The molecule has 26 heavy (non-hydrogen) atoms. The normalized spacial score (nSPS) is 14.6. The van der Waals surface area contributed by atoms with Gasteiger partial charge in [-0.3, -0.25) is 4.57 Å². The summed E-state index contributed by atoms with van der Waals surface area (Å²) in [5.74, 6) is 0. The van der Waals surface area contributed by atoms with E-state index in [9.17, 15) is 4.57 Å². The van der Waals surface area contributed by atoms with E-state index in [1.54, 1.807) is 6.66 Å². The van der Waals surface area contributed by atoms with E-state index >= 15 is 0 Å². The highest BCUT2D eigenvalue weighted by Gasteiger charge is 2.34. The number of hydrogen-bond donors (Lipinski definition) is 0. The van der Waals surface area contributed by atoms with Crippen molar-refractivity contribution in [2.24, 2.45) is 10.8 Å². The van der Waals surface area contributed by atoms with E-state index in [0.717, 1.165) is 13.0 Å². The lowest BCUT2D eigenvalue weighted by atomic mass is 9.88. The fourth-order valence-electron chi connectivity index (χ4n) is 2.43. The van der Waals surface area contributed by atoms with Gasteiger partial charge in [-0.1, -0.05) is 89.5 Å². The molecule has 0 fully saturated rings. The Hall–Kier alpha value is 0.150. The van der Waals surface area contributed by atoms with Crippen LogP contribution < -0.4 is 0 Å². The van der Waals surface area contributed by atoms with Gasteiger partial charge in [-0.15, -0.1) is 0 Å². The van der Waals surface area contributed by atoms with Crippen LogP contribution in [-0.2, 0) is 9.09 Å². The largest absolute Gasteiger partial charge is 0.318 e. The van der Waals surface area contributed by atoms with Crippen molar-refractivity contribution in [2.75, 3.05) is 19.8 Å². The van der Waals surface area contributed by atoms with Crippen LogP contribution in [0.4, 0.5) is 0 Å². The van der Waals surface area contributed by atoms with E-state index in [-0.39, 0.29) is 16.9 Å². The van der Waals surface area contributed by atoms with Crippen molar-refractivity contribution in [1.29, 1.82) is 0 Å². The third-order valence-electron chi connectivity index (χ3n) is 2.89. The molecule has 0 saturated carbocycles. The molecule has 0 aromatic rings.